The number of nitrogens with zero attached hydrogens (tertiary/aromatic N) is 1. The molecule has 3 fully saturated rings. The second-order valence-electron chi connectivity index (χ2n) is 6.52. The maximum atomic E-state index is 12.4. The van der Waals surface area contributed by atoms with Gasteiger partial charge in [0.25, 0.3) is 5.91 Å². The Morgan fingerprint density at radius 2 is 1.86 bits per heavy atom. The number of rotatable bonds is 5. The zero-order valence-electron chi connectivity index (χ0n) is 12.5. The number of hydroxylamine groups is 2. The molecule has 3 saturated carbocycles. The van der Waals surface area contributed by atoms with Crippen LogP contribution in [0.5, 0.6) is 0 Å². The molecule has 4 rings (SSSR count). The normalized spacial score (nSPS) is 28.5. The van der Waals surface area contributed by atoms with E-state index in [-0.39, 0.29) is 22.5 Å². The monoisotopic (exact) mass is 341 g/mol. The molecule has 1 aromatic rings. The zero-order chi connectivity index (χ0) is 16.1. The molecule has 1 amide bonds. The number of Topliss-reactive ketones (excluding diaryl/α,β-unsaturated/α-hetero) is 1. The molecule has 0 spiro atoms. The molecule has 0 saturated heterocycles. The SMILES string of the molecule is CON(C)C(=O)C12CC(CC(=O)c3ccc(Cl)c(Cl)c3)(C1)C2. The molecule has 0 unspecified atom stereocenters. The fraction of sp³-hybridized carbons (Fsp3) is 0.500. The Hall–Kier alpha value is -1.10. The van der Waals surface area contributed by atoms with Crippen LogP contribution in [0.1, 0.15) is 36.0 Å². The van der Waals surface area contributed by atoms with Crippen LogP contribution in [0.2, 0.25) is 10.0 Å². The van der Waals surface area contributed by atoms with E-state index in [1.807, 2.05) is 0 Å². The van der Waals surface area contributed by atoms with Crippen LogP contribution < -0.4 is 0 Å². The van der Waals surface area contributed by atoms with E-state index in [1.54, 1.807) is 25.2 Å². The van der Waals surface area contributed by atoms with Crippen molar-refractivity contribution < 1.29 is 14.4 Å². The molecular weight excluding hydrogens is 325 g/mol. The summed E-state index contributed by atoms with van der Waals surface area (Å²) >= 11 is 11.8. The molecule has 2 bridgehead atoms. The van der Waals surface area contributed by atoms with Gasteiger partial charge >= 0.3 is 0 Å². The highest BCUT2D eigenvalue weighted by Gasteiger charge is 2.72. The third-order valence-electron chi connectivity index (χ3n) is 4.93. The lowest BCUT2D eigenvalue weighted by Crippen LogP contribution is -2.68. The molecule has 0 radical (unpaired) electrons. The van der Waals surface area contributed by atoms with Gasteiger partial charge in [0.15, 0.2) is 5.78 Å². The van der Waals surface area contributed by atoms with Crippen molar-refractivity contribution in [3.63, 3.8) is 0 Å². The molecule has 4 nitrogen and oxygen atoms in total. The maximum absolute atomic E-state index is 12.4. The largest absolute Gasteiger partial charge is 0.294 e. The number of carbonyl (C=O) groups is 2. The molecule has 0 aliphatic heterocycles. The average molecular weight is 342 g/mol. The van der Waals surface area contributed by atoms with Gasteiger partial charge in [-0.3, -0.25) is 14.4 Å². The average Bonchev–Trinajstić information content (AvgIpc) is 2.42. The molecule has 3 aliphatic carbocycles. The maximum Gasteiger partial charge on any atom is 0.252 e. The molecule has 6 heteroatoms. The molecule has 0 atom stereocenters. The van der Waals surface area contributed by atoms with Gasteiger partial charge in [0, 0.05) is 19.0 Å². The van der Waals surface area contributed by atoms with Crippen molar-refractivity contribution in [1.29, 1.82) is 0 Å². The molecule has 22 heavy (non-hydrogen) atoms. The topological polar surface area (TPSA) is 46.6 Å². The molecule has 118 valence electrons. The van der Waals surface area contributed by atoms with Gasteiger partial charge in [-0.1, -0.05) is 23.2 Å². The van der Waals surface area contributed by atoms with Crippen LogP contribution in [-0.4, -0.2) is 30.9 Å². The van der Waals surface area contributed by atoms with Crippen LogP contribution in [0, 0.1) is 10.8 Å². The highest BCUT2D eigenvalue weighted by Crippen LogP contribution is 2.75. The van der Waals surface area contributed by atoms with Crippen LogP contribution in [0.3, 0.4) is 0 Å². The Morgan fingerprint density at radius 1 is 1.23 bits per heavy atom. The van der Waals surface area contributed by atoms with Crippen LogP contribution in [-0.2, 0) is 9.63 Å². The van der Waals surface area contributed by atoms with Crippen molar-refractivity contribution in [2.24, 2.45) is 10.8 Å². The third kappa shape index (κ3) is 2.34. The molecule has 1 aromatic carbocycles. The van der Waals surface area contributed by atoms with Gasteiger partial charge in [-0.2, -0.15) is 0 Å². The first-order chi connectivity index (χ1) is 10.3. The van der Waals surface area contributed by atoms with Gasteiger partial charge in [-0.15, -0.1) is 0 Å². The fourth-order valence-corrected chi connectivity index (χ4v) is 4.24. The minimum atomic E-state index is -0.303. The number of hydrogen-bond acceptors (Lipinski definition) is 3. The van der Waals surface area contributed by atoms with Crippen LogP contribution in [0.15, 0.2) is 18.2 Å². The highest BCUT2D eigenvalue weighted by molar-refractivity contribution is 6.42. The highest BCUT2D eigenvalue weighted by atomic mass is 35.5. The lowest BCUT2D eigenvalue weighted by Gasteiger charge is -2.69. The van der Waals surface area contributed by atoms with E-state index in [0.717, 1.165) is 19.3 Å². The Morgan fingerprint density at radius 3 is 2.41 bits per heavy atom. The molecule has 0 heterocycles. The summed E-state index contributed by atoms with van der Waals surface area (Å²) in [5.74, 6) is 0.0678. The Bertz CT molecular complexity index is 639. The predicted molar refractivity (Wildman–Crippen MR) is 83.9 cm³/mol. The Balaban J connectivity index is 1.62. The van der Waals surface area contributed by atoms with Crippen LogP contribution >= 0.6 is 23.2 Å². The number of ketones is 1. The summed E-state index contributed by atoms with van der Waals surface area (Å²) in [6, 6.07) is 4.94. The first-order valence-electron chi connectivity index (χ1n) is 7.11. The van der Waals surface area contributed by atoms with E-state index >= 15 is 0 Å². The number of amides is 1. The summed E-state index contributed by atoms with van der Waals surface area (Å²) in [6.45, 7) is 0. The lowest BCUT2D eigenvalue weighted by molar-refractivity contribution is -0.238. The molecule has 3 aliphatic rings. The Labute approximate surface area is 139 Å². The second-order valence-corrected chi connectivity index (χ2v) is 7.34. The van der Waals surface area contributed by atoms with E-state index in [2.05, 4.69) is 0 Å². The van der Waals surface area contributed by atoms with Crippen LogP contribution in [0.25, 0.3) is 0 Å². The van der Waals surface area contributed by atoms with Crippen molar-refractivity contribution >= 4 is 34.9 Å². The fourth-order valence-electron chi connectivity index (χ4n) is 3.94. The van der Waals surface area contributed by atoms with Crippen LogP contribution in [0.4, 0.5) is 0 Å². The second kappa shape index (κ2) is 5.22. The Kier molecular flexibility index (Phi) is 3.75. The molecule has 0 aromatic heterocycles. The summed E-state index contributed by atoms with van der Waals surface area (Å²) in [7, 11) is 3.10. The summed E-state index contributed by atoms with van der Waals surface area (Å²) in [5, 5.41) is 2.11. The van der Waals surface area contributed by atoms with E-state index in [0.29, 0.717) is 22.0 Å². The van der Waals surface area contributed by atoms with E-state index in [9.17, 15) is 9.59 Å². The zero-order valence-corrected chi connectivity index (χ0v) is 14.0. The summed E-state index contributed by atoms with van der Waals surface area (Å²) < 4.78 is 0. The van der Waals surface area contributed by atoms with Gasteiger partial charge in [-0.25, -0.2) is 5.06 Å². The molecular formula is C16H17Cl2NO3. The van der Waals surface area contributed by atoms with Gasteiger partial charge in [0.05, 0.1) is 22.6 Å². The first-order valence-corrected chi connectivity index (χ1v) is 7.87. The van der Waals surface area contributed by atoms with E-state index in [1.165, 1.54) is 12.2 Å². The predicted octanol–water partition coefficient (Wildman–Crippen LogP) is 3.76. The summed E-state index contributed by atoms with van der Waals surface area (Å²) in [4.78, 5) is 29.5. The van der Waals surface area contributed by atoms with Crippen molar-refractivity contribution in [3.8, 4) is 0 Å². The first kappa shape index (κ1) is 15.8. The van der Waals surface area contributed by atoms with Gasteiger partial charge < -0.3 is 0 Å². The number of carbonyl (C=O) groups excluding carboxylic acids is 2. The van der Waals surface area contributed by atoms with Gasteiger partial charge in [0.2, 0.25) is 0 Å². The van der Waals surface area contributed by atoms with Crippen molar-refractivity contribution in [1.82, 2.24) is 5.06 Å². The number of halogens is 2. The van der Waals surface area contributed by atoms with Crippen molar-refractivity contribution in [2.75, 3.05) is 14.2 Å². The minimum absolute atomic E-state index is 0.0128. The number of benzene rings is 1. The van der Waals surface area contributed by atoms with Crippen molar-refractivity contribution in [2.45, 2.75) is 25.7 Å². The quantitative estimate of drug-likeness (QED) is 0.605. The minimum Gasteiger partial charge on any atom is -0.294 e. The van der Waals surface area contributed by atoms with Crippen molar-refractivity contribution in [3.05, 3.63) is 33.8 Å². The molecule has 0 N–H and O–H groups in total. The number of hydrogen-bond donors (Lipinski definition) is 0. The van der Waals surface area contributed by atoms with E-state index in [4.69, 9.17) is 28.0 Å². The van der Waals surface area contributed by atoms with Gasteiger partial charge in [0.1, 0.15) is 0 Å². The lowest BCUT2D eigenvalue weighted by atomic mass is 9.33. The standard InChI is InChI=1S/C16H17Cl2NO3/c1-19(22-2)14(21)16-7-15(8-16,9-16)6-13(20)10-3-4-11(17)12(18)5-10/h3-5H,6-9H2,1-2H3. The van der Waals surface area contributed by atoms with E-state index < -0.39 is 0 Å². The third-order valence-corrected chi connectivity index (χ3v) is 5.67. The van der Waals surface area contributed by atoms with Gasteiger partial charge in [-0.05, 0) is 42.9 Å². The summed E-state index contributed by atoms with van der Waals surface area (Å²) in [5.41, 5.74) is 0.254. The smallest absolute Gasteiger partial charge is 0.252 e. The summed E-state index contributed by atoms with van der Waals surface area (Å²) in [6.07, 6.45) is 2.75.